The summed E-state index contributed by atoms with van der Waals surface area (Å²) in [6.07, 6.45) is 0.576. The van der Waals surface area contributed by atoms with Crippen molar-refractivity contribution in [2.24, 2.45) is 0 Å². The Bertz CT molecular complexity index is 924. The number of amides is 1. The summed E-state index contributed by atoms with van der Waals surface area (Å²) in [6, 6.07) is 4.64. The van der Waals surface area contributed by atoms with E-state index in [4.69, 9.17) is 9.26 Å². The smallest absolute Gasteiger partial charge is 0.269 e. The topological polar surface area (TPSA) is 115 Å². The molecule has 9 nitrogen and oxygen atoms in total. The first-order valence-corrected chi connectivity index (χ1v) is 9.52. The van der Waals surface area contributed by atoms with Crippen molar-refractivity contribution in [2.75, 3.05) is 27.3 Å². The van der Waals surface area contributed by atoms with Crippen LogP contribution in [0.3, 0.4) is 0 Å². The van der Waals surface area contributed by atoms with Gasteiger partial charge in [0.15, 0.2) is 5.82 Å². The van der Waals surface area contributed by atoms with Gasteiger partial charge in [-0.3, -0.25) is 4.79 Å². The highest BCUT2D eigenvalue weighted by molar-refractivity contribution is 7.90. The Morgan fingerprint density at radius 2 is 2.15 bits per heavy atom. The number of carbonyl (C=O) groups is 1. The molecule has 1 amide bonds. The van der Waals surface area contributed by atoms with Crippen molar-refractivity contribution in [2.45, 2.75) is 24.3 Å². The summed E-state index contributed by atoms with van der Waals surface area (Å²) in [6.45, 7) is 2.08. The van der Waals surface area contributed by atoms with E-state index >= 15 is 0 Å². The Hall–Kier alpha value is -2.30. The van der Waals surface area contributed by atoms with E-state index in [1.165, 1.54) is 19.2 Å². The van der Waals surface area contributed by atoms with Gasteiger partial charge in [-0.15, -0.1) is 0 Å². The Balaban J connectivity index is 1.92. The highest BCUT2D eigenvalue weighted by atomic mass is 32.2. The number of nitrogens with zero attached hydrogens (tertiary/aromatic N) is 3. The van der Waals surface area contributed by atoms with Crippen molar-refractivity contribution in [3.8, 4) is 11.5 Å². The zero-order valence-electron chi connectivity index (χ0n) is 14.7. The maximum Gasteiger partial charge on any atom is 0.269 e. The van der Waals surface area contributed by atoms with Crippen molar-refractivity contribution in [3.05, 3.63) is 29.6 Å². The molecule has 1 N–H and O–H groups in total. The Kier molecular flexibility index (Phi) is 5.08. The summed E-state index contributed by atoms with van der Waals surface area (Å²) in [5.41, 5.74) is 0.581. The highest BCUT2D eigenvalue weighted by Gasteiger charge is 2.41. The number of methoxy groups -OCH3 is 1. The van der Waals surface area contributed by atoms with Crippen LogP contribution < -0.4 is 5.32 Å². The molecule has 0 saturated carbocycles. The summed E-state index contributed by atoms with van der Waals surface area (Å²) < 4.78 is 36.2. The van der Waals surface area contributed by atoms with Gasteiger partial charge in [-0.1, -0.05) is 5.16 Å². The molecule has 140 valence electrons. The molecule has 3 rings (SSSR count). The highest BCUT2D eigenvalue weighted by Crippen LogP contribution is 2.33. The van der Waals surface area contributed by atoms with Crippen molar-refractivity contribution < 1.29 is 22.5 Å². The summed E-state index contributed by atoms with van der Waals surface area (Å²) in [5, 5.41) is 6.99. The fraction of sp³-hybridized carbons (Fsp3) is 0.438. The molecule has 26 heavy (non-hydrogen) atoms. The molecule has 1 atom stereocenters. The van der Waals surface area contributed by atoms with Crippen LogP contribution in [-0.4, -0.2) is 62.1 Å². The number of likely N-dealkylation sites (N-methyl/N-ethyl adjacent to an activating group) is 1. The van der Waals surface area contributed by atoms with Crippen LogP contribution in [-0.2, 0) is 21.2 Å². The number of nitrogens with one attached hydrogen (secondary N) is 1. The minimum atomic E-state index is -3.91. The molecule has 0 saturated heterocycles. The second kappa shape index (κ2) is 7.14. The summed E-state index contributed by atoms with van der Waals surface area (Å²) in [7, 11) is -0.629. The lowest BCUT2D eigenvalue weighted by atomic mass is 10.1. The predicted molar refractivity (Wildman–Crippen MR) is 92.1 cm³/mol. The quantitative estimate of drug-likeness (QED) is 0.746. The number of aromatic nitrogens is 2. The number of hydrogen-bond donors (Lipinski definition) is 1. The molecule has 1 aliphatic rings. The van der Waals surface area contributed by atoms with Crippen LogP contribution in [0.4, 0.5) is 0 Å². The number of rotatable bonds is 7. The monoisotopic (exact) mass is 380 g/mol. The van der Waals surface area contributed by atoms with Crippen molar-refractivity contribution in [1.29, 1.82) is 0 Å². The van der Waals surface area contributed by atoms with Crippen LogP contribution in [0.1, 0.15) is 23.1 Å². The number of ether oxygens (including phenoxy) is 1. The molecule has 2 heterocycles. The molecule has 0 radical (unpaired) electrons. The molecule has 1 aliphatic heterocycles. The minimum absolute atomic E-state index is 0.0334. The van der Waals surface area contributed by atoms with Gasteiger partial charge in [0.1, 0.15) is 4.90 Å². The van der Waals surface area contributed by atoms with Gasteiger partial charge in [0.05, 0.1) is 18.7 Å². The van der Waals surface area contributed by atoms with Crippen molar-refractivity contribution >= 4 is 15.9 Å². The van der Waals surface area contributed by atoms with Gasteiger partial charge in [0.2, 0.25) is 0 Å². The van der Waals surface area contributed by atoms with Crippen molar-refractivity contribution in [3.63, 3.8) is 0 Å². The SMILES string of the molecule is CNC(C)Cc1noc(-c2ccc3c(c2)S(=O)(=O)N(CCOC)C3=O)n1. The molecule has 0 fully saturated rings. The van der Waals surface area contributed by atoms with Gasteiger partial charge in [-0.2, -0.15) is 4.98 Å². The maximum atomic E-state index is 12.6. The number of hydrogen-bond acceptors (Lipinski definition) is 8. The third-order valence-electron chi connectivity index (χ3n) is 4.20. The fourth-order valence-corrected chi connectivity index (χ4v) is 4.21. The molecular weight excluding hydrogens is 360 g/mol. The third-order valence-corrected chi connectivity index (χ3v) is 6.02. The molecule has 1 aromatic heterocycles. The van der Waals surface area contributed by atoms with Crippen LogP contribution in [0, 0.1) is 0 Å². The lowest BCUT2D eigenvalue weighted by Crippen LogP contribution is -2.32. The first-order chi connectivity index (χ1) is 12.4. The standard InChI is InChI=1S/C16H20N4O5S/c1-10(17-2)8-14-18-15(25-19-14)11-4-5-12-13(9-11)26(22,23)20(16(12)21)6-7-24-3/h4-5,9-10,17H,6-8H2,1-3H3. The number of sulfonamides is 1. The second-order valence-electron chi connectivity index (χ2n) is 6.00. The lowest BCUT2D eigenvalue weighted by molar-refractivity contribution is 0.0837. The van der Waals surface area contributed by atoms with Crippen LogP contribution >= 0.6 is 0 Å². The summed E-state index contributed by atoms with van der Waals surface area (Å²) in [5.74, 6) is 0.171. The Morgan fingerprint density at radius 1 is 1.38 bits per heavy atom. The Labute approximate surface area is 151 Å². The van der Waals surface area contributed by atoms with Gasteiger partial charge in [0.25, 0.3) is 21.8 Å². The molecule has 2 aromatic rings. The number of fused-ring (bicyclic) bond motifs is 1. The number of benzene rings is 1. The van der Waals surface area contributed by atoms with Crippen LogP contribution in [0.2, 0.25) is 0 Å². The van der Waals surface area contributed by atoms with Gasteiger partial charge in [-0.25, -0.2) is 12.7 Å². The predicted octanol–water partition coefficient (Wildman–Crippen LogP) is 0.678. The minimum Gasteiger partial charge on any atom is -0.383 e. The lowest BCUT2D eigenvalue weighted by Gasteiger charge is -2.13. The zero-order chi connectivity index (χ0) is 18.9. The van der Waals surface area contributed by atoms with Gasteiger partial charge in [-0.05, 0) is 32.2 Å². The molecule has 0 bridgehead atoms. The normalized spacial score (nSPS) is 16.7. The first-order valence-electron chi connectivity index (χ1n) is 8.08. The fourth-order valence-electron chi connectivity index (χ4n) is 2.63. The maximum absolute atomic E-state index is 12.6. The first kappa shape index (κ1) is 18.5. The average Bonchev–Trinajstić information content (AvgIpc) is 3.15. The molecule has 10 heteroatoms. The second-order valence-corrected chi connectivity index (χ2v) is 7.83. The van der Waals surface area contributed by atoms with E-state index in [-0.39, 0.29) is 35.5 Å². The molecular formula is C16H20N4O5S. The van der Waals surface area contributed by atoms with Crippen LogP contribution in [0.25, 0.3) is 11.5 Å². The van der Waals surface area contributed by atoms with Crippen molar-refractivity contribution in [1.82, 2.24) is 19.8 Å². The average molecular weight is 380 g/mol. The third kappa shape index (κ3) is 3.22. The van der Waals surface area contributed by atoms with E-state index in [1.807, 2.05) is 14.0 Å². The van der Waals surface area contributed by atoms with Gasteiger partial charge in [0, 0.05) is 25.1 Å². The molecule has 0 aliphatic carbocycles. The summed E-state index contributed by atoms with van der Waals surface area (Å²) >= 11 is 0. The van der Waals surface area contributed by atoms with E-state index in [1.54, 1.807) is 6.07 Å². The summed E-state index contributed by atoms with van der Waals surface area (Å²) in [4.78, 5) is 16.6. The van der Waals surface area contributed by atoms with Gasteiger partial charge >= 0.3 is 0 Å². The van der Waals surface area contributed by atoms with E-state index < -0.39 is 15.9 Å². The van der Waals surface area contributed by atoms with E-state index in [2.05, 4.69) is 15.5 Å². The van der Waals surface area contributed by atoms with Crippen LogP contribution in [0.15, 0.2) is 27.6 Å². The Morgan fingerprint density at radius 3 is 2.85 bits per heavy atom. The molecule has 1 unspecified atom stereocenters. The number of carbonyl (C=O) groups excluding carboxylic acids is 1. The van der Waals surface area contributed by atoms with E-state index in [0.717, 1.165) is 4.31 Å². The van der Waals surface area contributed by atoms with E-state index in [9.17, 15) is 13.2 Å². The molecule has 1 aromatic carbocycles. The van der Waals surface area contributed by atoms with Crippen LogP contribution in [0.5, 0.6) is 0 Å². The zero-order valence-corrected chi connectivity index (χ0v) is 15.5. The van der Waals surface area contributed by atoms with Gasteiger partial charge < -0.3 is 14.6 Å². The van der Waals surface area contributed by atoms with E-state index in [0.29, 0.717) is 17.8 Å². The molecule has 0 spiro atoms. The largest absolute Gasteiger partial charge is 0.383 e.